The average molecular weight is 358 g/mol. The molecule has 3 aliphatic heterocycles. The first kappa shape index (κ1) is 16.2. The highest BCUT2D eigenvalue weighted by Gasteiger charge is 2.78. The van der Waals surface area contributed by atoms with Crippen LogP contribution in [0.25, 0.3) is 0 Å². The molecule has 8 heteroatoms. The number of thioether (sulfide) groups is 1. The number of carbonyl (C=O) groups excluding carboxylic acids is 2. The summed E-state index contributed by atoms with van der Waals surface area (Å²) in [7, 11) is 3.19. The molecule has 1 spiro atoms. The highest BCUT2D eigenvalue weighted by Crippen LogP contribution is 2.69. The second kappa shape index (κ2) is 4.67. The molecule has 4 heterocycles. The Labute approximate surface area is 149 Å². The van der Waals surface area contributed by atoms with E-state index >= 15 is 0 Å². The molecule has 3 fully saturated rings. The van der Waals surface area contributed by atoms with Crippen molar-refractivity contribution >= 4 is 23.6 Å². The molecule has 2 bridgehead atoms. The zero-order chi connectivity index (χ0) is 18.2. The fourth-order valence-electron chi connectivity index (χ4n) is 4.32. The van der Waals surface area contributed by atoms with Crippen LogP contribution in [-0.4, -0.2) is 50.5 Å². The maximum absolute atomic E-state index is 13.2. The molecule has 7 nitrogen and oxygen atoms in total. The van der Waals surface area contributed by atoms with Crippen LogP contribution >= 0.6 is 11.8 Å². The molecular weight excluding hydrogens is 340 g/mol. The zero-order valence-corrected chi connectivity index (χ0v) is 15.3. The number of piperazine rings is 1. The van der Waals surface area contributed by atoms with E-state index in [9.17, 15) is 14.9 Å². The van der Waals surface area contributed by atoms with E-state index in [-0.39, 0.29) is 11.8 Å². The molecule has 0 aliphatic carbocycles. The van der Waals surface area contributed by atoms with Gasteiger partial charge in [-0.25, -0.2) is 4.98 Å². The van der Waals surface area contributed by atoms with Crippen LogP contribution in [-0.2, 0) is 9.59 Å². The van der Waals surface area contributed by atoms with E-state index in [4.69, 9.17) is 4.74 Å². The number of carbonyl (C=O) groups is 2. The number of hydrogen-bond acceptors (Lipinski definition) is 6. The van der Waals surface area contributed by atoms with Gasteiger partial charge in [0.1, 0.15) is 0 Å². The van der Waals surface area contributed by atoms with Crippen LogP contribution in [0, 0.1) is 16.7 Å². The van der Waals surface area contributed by atoms with Crippen LogP contribution in [0.15, 0.2) is 18.3 Å². The van der Waals surface area contributed by atoms with Gasteiger partial charge in [-0.3, -0.25) is 9.59 Å². The van der Waals surface area contributed by atoms with Crippen LogP contribution in [0.2, 0.25) is 0 Å². The first-order valence-corrected chi connectivity index (χ1v) is 8.78. The van der Waals surface area contributed by atoms with Gasteiger partial charge in [-0.2, -0.15) is 5.26 Å². The van der Waals surface area contributed by atoms with Gasteiger partial charge in [-0.15, -0.1) is 0 Å². The lowest BCUT2D eigenvalue weighted by Crippen LogP contribution is -2.60. The first-order chi connectivity index (χ1) is 11.7. The third-order valence-corrected chi connectivity index (χ3v) is 7.36. The van der Waals surface area contributed by atoms with Crippen LogP contribution in [0.3, 0.4) is 0 Å². The summed E-state index contributed by atoms with van der Waals surface area (Å²) in [5.41, 5.74) is -0.136. The van der Waals surface area contributed by atoms with Gasteiger partial charge in [0.2, 0.25) is 5.88 Å². The maximum atomic E-state index is 13.2. The Morgan fingerprint density at radius 3 is 2.64 bits per heavy atom. The van der Waals surface area contributed by atoms with E-state index in [0.29, 0.717) is 12.3 Å². The van der Waals surface area contributed by atoms with Gasteiger partial charge in [0.05, 0.1) is 24.6 Å². The minimum Gasteiger partial charge on any atom is -0.481 e. The van der Waals surface area contributed by atoms with Crippen molar-refractivity contribution in [3.8, 4) is 11.9 Å². The Balaban J connectivity index is 1.88. The molecular formula is C17H18N4O3S. The Morgan fingerprint density at radius 1 is 1.36 bits per heavy atom. The number of nitrogens with zero attached hydrogens (tertiary/aromatic N) is 4. The SMILES string of the molecule is COc1ccc(C2N3C(=O)[C@]4(C)SC3(C[C@]2(C)C#N)C(=O)N4C)cn1. The monoisotopic (exact) mass is 358 g/mol. The summed E-state index contributed by atoms with van der Waals surface area (Å²) in [6, 6.07) is 5.36. The summed E-state index contributed by atoms with van der Waals surface area (Å²) in [5, 5.41) is 9.87. The Morgan fingerprint density at radius 2 is 2.08 bits per heavy atom. The molecule has 3 aliphatic rings. The second-order valence-corrected chi connectivity index (χ2v) is 8.83. The number of aromatic nitrogens is 1. The molecule has 3 saturated heterocycles. The number of rotatable bonds is 2. The lowest BCUT2D eigenvalue weighted by Gasteiger charge is -2.39. The third-order valence-electron chi connectivity index (χ3n) is 5.66. The van der Waals surface area contributed by atoms with Crippen LogP contribution in [0.1, 0.15) is 31.9 Å². The predicted molar refractivity (Wildman–Crippen MR) is 90.2 cm³/mol. The Bertz CT molecular complexity index is 837. The lowest BCUT2D eigenvalue weighted by atomic mass is 9.80. The quantitative estimate of drug-likeness (QED) is 0.797. The molecule has 2 amide bonds. The zero-order valence-electron chi connectivity index (χ0n) is 14.4. The molecule has 0 radical (unpaired) electrons. The van der Waals surface area contributed by atoms with Crippen molar-refractivity contribution < 1.29 is 14.3 Å². The number of amides is 2. The molecule has 4 atom stereocenters. The van der Waals surface area contributed by atoms with E-state index in [1.807, 2.05) is 13.0 Å². The molecule has 1 aromatic rings. The molecule has 4 rings (SSSR count). The van der Waals surface area contributed by atoms with Crippen molar-refractivity contribution in [2.24, 2.45) is 5.41 Å². The molecule has 0 saturated carbocycles. The fraction of sp³-hybridized carbons (Fsp3) is 0.529. The van der Waals surface area contributed by atoms with Gasteiger partial charge in [-0.05, 0) is 25.5 Å². The minimum absolute atomic E-state index is 0.106. The van der Waals surface area contributed by atoms with Crippen LogP contribution in [0.4, 0.5) is 0 Å². The van der Waals surface area contributed by atoms with Gasteiger partial charge in [-0.1, -0.05) is 11.8 Å². The molecule has 0 aromatic carbocycles. The van der Waals surface area contributed by atoms with E-state index in [0.717, 1.165) is 5.56 Å². The van der Waals surface area contributed by atoms with E-state index in [1.54, 1.807) is 31.1 Å². The number of ether oxygens (including phenoxy) is 1. The van der Waals surface area contributed by atoms with E-state index in [2.05, 4.69) is 11.1 Å². The standard InChI is InChI=1S/C17H18N4O3S/c1-15(9-18)8-17-14(23)20(3)16(2,25-17)13(22)21(17)12(15)10-5-6-11(24-4)19-7-10/h5-7,12H,8H2,1-4H3/t12?,15-,16+,17?/m1/s1. The third kappa shape index (κ3) is 1.69. The van der Waals surface area contributed by atoms with E-state index in [1.165, 1.54) is 23.8 Å². The number of fused-ring (bicyclic) bond motifs is 1. The summed E-state index contributed by atoms with van der Waals surface area (Å²) < 4.78 is 5.09. The fourth-order valence-corrected chi connectivity index (χ4v) is 6.26. The largest absolute Gasteiger partial charge is 0.481 e. The smallest absolute Gasteiger partial charge is 0.261 e. The summed E-state index contributed by atoms with van der Waals surface area (Å²) in [5.74, 6) is 0.228. The summed E-state index contributed by atoms with van der Waals surface area (Å²) >= 11 is 1.36. The van der Waals surface area contributed by atoms with Crippen molar-refractivity contribution in [2.45, 2.75) is 36.1 Å². The van der Waals surface area contributed by atoms with Gasteiger partial charge in [0.15, 0.2) is 9.74 Å². The summed E-state index contributed by atoms with van der Waals surface area (Å²) in [6.45, 7) is 3.59. The van der Waals surface area contributed by atoms with Crippen LogP contribution < -0.4 is 4.74 Å². The molecule has 130 valence electrons. The van der Waals surface area contributed by atoms with Crippen molar-refractivity contribution in [1.82, 2.24) is 14.8 Å². The van der Waals surface area contributed by atoms with Crippen molar-refractivity contribution in [1.29, 1.82) is 5.26 Å². The Kier molecular flexibility index (Phi) is 3.03. The molecule has 25 heavy (non-hydrogen) atoms. The van der Waals surface area contributed by atoms with Gasteiger partial charge >= 0.3 is 0 Å². The topological polar surface area (TPSA) is 86.5 Å². The van der Waals surface area contributed by atoms with Gasteiger partial charge in [0, 0.05) is 25.7 Å². The molecule has 1 aromatic heterocycles. The lowest BCUT2D eigenvalue weighted by molar-refractivity contribution is -0.159. The van der Waals surface area contributed by atoms with Crippen LogP contribution in [0.5, 0.6) is 5.88 Å². The number of methoxy groups -OCH3 is 1. The minimum atomic E-state index is -1.00. The predicted octanol–water partition coefficient (Wildman–Crippen LogP) is 1.52. The molecule has 2 unspecified atom stereocenters. The van der Waals surface area contributed by atoms with E-state index < -0.39 is 21.2 Å². The summed E-state index contributed by atoms with van der Waals surface area (Å²) in [6.07, 6.45) is 1.93. The maximum Gasteiger partial charge on any atom is 0.261 e. The average Bonchev–Trinajstić information content (AvgIpc) is 3.08. The van der Waals surface area contributed by atoms with Crippen molar-refractivity contribution in [2.75, 3.05) is 14.2 Å². The normalized spacial score (nSPS) is 38.9. The Hall–Kier alpha value is -2.27. The van der Waals surface area contributed by atoms with Gasteiger partial charge in [0.25, 0.3) is 11.8 Å². The summed E-state index contributed by atoms with van der Waals surface area (Å²) in [4.78, 5) is 31.6. The van der Waals surface area contributed by atoms with Crippen molar-refractivity contribution in [3.05, 3.63) is 23.9 Å². The number of likely N-dealkylation sites (N-methyl/N-ethyl adjacent to an activating group) is 1. The van der Waals surface area contributed by atoms with Crippen molar-refractivity contribution in [3.63, 3.8) is 0 Å². The highest BCUT2D eigenvalue weighted by atomic mass is 32.2. The number of nitriles is 1. The molecule has 0 N–H and O–H groups in total. The second-order valence-electron chi connectivity index (χ2n) is 7.15. The highest BCUT2D eigenvalue weighted by molar-refractivity contribution is 8.04. The number of hydrogen-bond donors (Lipinski definition) is 0. The first-order valence-electron chi connectivity index (χ1n) is 7.97. The number of pyridine rings is 1. The van der Waals surface area contributed by atoms with Gasteiger partial charge < -0.3 is 14.5 Å².